The molecule has 48 valence electrons. The summed E-state index contributed by atoms with van der Waals surface area (Å²) in [6.45, 7) is 3.16. The Bertz CT molecular complexity index is 70.9. The van der Waals surface area contributed by atoms with Gasteiger partial charge in [0, 0.05) is 4.83 Å². The highest BCUT2D eigenvalue weighted by atomic mass is 79.9. The van der Waals surface area contributed by atoms with Crippen LogP contribution in [0.4, 0.5) is 0 Å². The summed E-state index contributed by atoms with van der Waals surface area (Å²) in [5.74, 6) is 0. The minimum Gasteiger partial charge on any atom is -0.372 e. The summed E-state index contributed by atoms with van der Waals surface area (Å²) >= 11 is 3.54. The van der Waals surface area contributed by atoms with Gasteiger partial charge < -0.3 is 4.74 Å². The lowest BCUT2D eigenvalue weighted by molar-refractivity contribution is 0.398. The van der Waals surface area contributed by atoms with Gasteiger partial charge in [0.05, 0.1) is 12.7 Å². The summed E-state index contributed by atoms with van der Waals surface area (Å²) in [6, 6.07) is 0. The van der Waals surface area contributed by atoms with Gasteiger partial charge in [-0.05, 0) is 6.42 Å². The van der Waals surface area contributed by atoms with Crippen molar-refractivity contribution in [1.29, 1.82) is 0 Å². The molecule has 2 heteroatoms. The summed E-state index contributed by atoms with van der Waals surface area (Å²) in [5, 5.41) is 0. The van der Waals surface area contributed by atoms with Gasteiger partial charge >= 0.3 is 0 Å². The topological polar surface area (TPSA) is 12.5 Å². The van der Waals surface area contributed by atoms with Gasteiger partial charge in [0.25, 0.3) is 0 Å². The van der Waals surface area contributed by atoms with E-state index in [2.05, 4.69) is 22.9 Å². The summed E-state index contributed by atoms with van der Waals surface area (Å²) in [7, 11) is 0. The van der Waals surface area contributed by atoms with Crippen molar-refractivity contribution < 1.29 is 4.74 Å². The Balaban J connectivity index is 2.03. The Kier molecular flexibility index (Phi) is 2.32. The first-order valence-corrected chi connectivity index (χ1v) is 4.02. The van der Waals surface area contributed by atoms with E-state index >= 15 is 0 Å². The molecule has 1 fully saturated rings. The lowest BCUT2D eigenvalue weighted by Crippen LogP contribution is -2.04. The van der Waals surface area contributed by atoms with Gasteiger partial charge in [-0.2, -0.15) is 0 Å². The minimum atomic E-state index is 0.537. The second-order valence-electron chi connectivity index (χ2n) is 2.18. The van der Waals surface area contributed by atoms with Crippen molar-refractivity contribution in [3.63, 3.8) is 0 Å². The number of halogens is 1. The third-order valence-corrected chi connectivity index (χ3v) is 2.37. The maximum absolute atomic E-state index is 5.08. The van der Waals surface area contributed by atoms with E-state index in [1.165, 1.54) is 12.8 Å². The van der Waals surface area contributed by atoms with E-state index < -0.39 is 0 Å². The first-order chi connectivity index (χ1) is 3.84. The maximum atomic E-state index is 5.08. The molecule has 0 aromatic rings. The monoisotopic (exact) mass is 178 g/mol. The van der Waals surface area contributed by atoms with Crippen molar-refractivity contribution in [1.82, 2.24) is 0 Å². The predicted octanol–water partition coefficient (Wildman–Crippen LogP) is 1.95. The zero-order valence-corrected chi connectivity index (χ0v) is 6.65. The van der Waals surface area contributed by atoms with Gasteiger partial charge in [0.1, 0.15) is 0 Å². The summed E-state index contributed by atoms with van der Waals surface area (Å²) in [4.78, 5) is 0.618. The van der Waals surface area contributed by atoms with Gasteiger partial charge in [-0.25, -0.2) is 0 Å². The number of alkyl halides is 1. The first-order valence-electron chi connectivity index (χ1n) is 3.10. The van der Waals surface area contributed by atoms with Crippen LogP contribution in [0.25, 0.3) is 0 Å². The maximum Gasteiger partial charge on any atom is 0.0934 e. The van der Waals surface area contributed by atoms with Crippen molar-refractivity contribution in [2.45, 2.75) is 30.7 Å². The Morgan fingerprint density at radius 1 is 1.88 bits per heavy atom. The number of hydrogen-bond donors (Lipinski definition) is 0. The number of rotatable bonds is 3. The molecule has 0 unspecified atom stereocenters. The van der Waals surface area contributed by atoms with Gasteiger partial charge in [0.15, 0.2) is 0 Å². The zero-order chi connectivity index (χ0) is 5.98. The molecule has 0 bridgehead atoms. The molecule has 1 heterocycles. The molecule has 1 aliphatic rings. The third kappa shape index (κ3) is 1.75. The van der Waals surface area contributed by atoms with Crippen LogP contribution in [0.2, 0.25) is 0 Å². The van der Waals surface area contributed by atoms with Crippen molar-refractivity contribution >= 4 is 15.9 Å². The number of epoxide rings is 1. The van der Waals surface area contributed by atoms with E-state index in [1.807, 2.05) is 0 Å². The van der Waals surface area contributed by atoms with Gasteiger partial charge in [-0.3, -0.25) is 0 Å². The van der Waals surface area contributed by atoms with E-state index in [9.17, 15) is 0 Å². The van der Waals surface area contributed by atoms with Crippen LogP contribution < -0.4 is 0 Å². The minimum absolute atomic E-state index is 0.537. The molecular weight excluding hydrogens is 168 g/mol. The molecule has 8 heavy (non-hydrogen) atoms. The SMILES string of the molecule is CCC[C@@H](Br)[C@H]1CO1. The fourth-order valence-electron chi connectivity index (χ4n) is 0.726. The lowest BCUT2D eigenvalue weighted by atomic mass is 10.2. The highest BCUT2D eigenvalue weighted by molar-refractivity contribution is 9.09. The fraction of sp³-hybridized carbons (Fsp3) is 1.00. The Morgan fingerprint density at radius 2 is 2.50 bits per heavy atom. The normalized spacial score (nSPS) is 30.0. The standard InChI is InChI=1S/C6H11BrO/c1-2-3-5(7)6-4-8-6/h5-6H,2-4H2,1H3/t5-,6-/m1/s1. The van der Waals surface area contributed by atoms with Crippen LogP contribution in [0.1, 0.15) is 19.8 Å². The van der Waals surface area contributed by atoms with Crippen molar-refractivity contribution in [2.75, 3.05) is 6.61 Å². The van der Waals surface area contributed by atoms with E-state index in [-0.39, 0.29) is 0 Å². The van der Waals surface area contributed by atoms with E-state index in [0.29, 0.717) is 10.9 Å². The smallest absolute Gasteiger partial charge is 0.0934 e. The Hall–Kier alpha value is 0.440. The molecule has 2 atom stereocenters. The largest absolute Gasteiger partial charge is 0.372 e. The molecule has 1 rings (SSSR count). The molecule has 0 amide bonds. The molecule has 0 N–H and O–H groups in total. The average molecular weight is 179 g/mol. The summed E-state index contributed by atoms with van der Waals surface area (Å²) in [6.07, 6.45) is 3.02. The van der Waals surface area contributed by atoms with Gasteiger partial charge in [0.2, 0.25) is 0 Å². The summed E-state index contributed by atoms with van der Waals surface area (Å²) in [5.41, 5.74) is 0. The van der Waals surface area contributed by atoms with Crippen LogP contribution in [-0.2, 0) is 4.74 Å². The van der Waals surface area contributed by atoms with Crippen LogP contribution in [-0.4, -0.2) is 17.5 Å². The fourth-order valence-corrected chi connectivity index (χ4v) is 1.49. The molecule has 0 aliphatic carbocycles. The highest BCUT2D eigenvalue weighted by Gasteiger charge is 2.29. The number of hydrogen-bond acceptors (Lipinski definition) is 1. The molecule has 0 saturated carbocycles. The van der Waals surface area contributed by atoms with Gasteiger partial charge in [-0.15, -0.1) is 0 Å². The molecule has 0 radical (unpaired) electrons. The van der Waals surface area contributed by atoms with Crippen LogP contribution in [0.15, 0.2) is 0 Å². The van der Waals surface area contributed by atoms with E-state index in [1.54, 1.807) is 0 Å². The van der Waals surface area contributed by atoms with E-state index in [0.717, 1.165) is 6.61 Å². The van der Waals surface area contributed by atoms with Crippen molar-refractivity contribution in [3.05, 3.63) is 0 Å². The number of ether oxygens (including phenoxy) is 1. The van der Waals surface area contributed by atoms with Gasteiger partial charge in [-0.1, -0.05) is 29.3 Å². The van der Waals surface area contributed by atoms with Crippen molar-refractivity contribution in [2.24, 2.45) is 0 Å². The van der Waals surface area contributed by atoms with Crippen LogP contribution in [0.3, 0.4) is 0 Å². The zero-order valence-electron chi connectivity index (χ0n) is 5.06. The van der Waals surface area contributed by atoms with Crippen molar-refractivity contribution in [3.8, 4) is 0 Å². The van der Waals surface area contributed by atoms with Crippen LogP contribution in [0, 0.1) is 0 Å². The predicted molar refractivity (Wildman–Crippen MR) is 37.4 cm³/mol. The van der Waals surface area contributed by atoms with Crippen LogP contribution in [0.5, 0.6) is 0 Å². The highest BCUT2D eigenvalue weighted by Crippen LogP contribution is 2.23. The molecular formula is C6H11BrO. The van der Waals surface area contributed by atoms with Crippen LogP contribution >= 0.6 is 15.9 Å². The Labute approximate surface area is 58.5 Å². The van der Waals surface area contributed by atoms with E-state index in [4.69, 9.17) is 4.74 Å². The third-order valence-electron chi connectivity index (χ3n) is 1.33. The molecule has 0 spiro atoms. The second-order valence-corrected chi connectivity index (χ2v) is 3.35. The summed E-state index contributed by atoms with van der Waals surface area (Å²) < 4.78 is 5.08. The Morgan fingerprint density at radius 3 is 2.88 bits per heavy atom. The molecule has 1 aliphatic heterocycles. The second kappa shape index (κ2) is 2.83. The molecule has 1 nitrogen and oxygen atoms in total. The quantitative estimate of drug-likeness (QED) is 0.476. The first kappa shape index (κ1) is 6.56. The molecule has 0 aromatic heterocycles. The molecule has 1 saturated heterocycles. The average Bonchev–Trinajstić information content (AvgIpc) is 2.45. The molecule has 0 aromatic carbocycles. The lowest BCUT2D eigenvalue weighted by Gasteiger charge is -2.00.